The molecule has 0 unspecified atom stereocenters. The predicted octanol–water partition coefficient (Wildman–Crippen LogP) is 1.53. The lowest BCUT2D eigenvalue weighted by molar-refractivity contribution is 0.0631. The lowest BCUT2D eigenvalue weighted by atomic mass is 10.0. The highest BCUT2D eigenvalue weighted by Crippen LogP contribution is 2.22. The zero-order valence-electron chi connectivity index (χ0n) is 15.0. The van der Waals surface area contributed by atoms with Crippen molar-refractivity contribution < 1.29 is 4.79 Å². The van der Waals surface area contributed by atoms with Gasteiger partial charge in [0, 0.05) is 54.9 Å². The van der Waals surface area contributed by atoms with E-state index in [4.69, 9.17) is 0 Å². The molecule has 0 atom stereocenters. The lowest BCUT2D eigenvalue weighted by Gasteiger charge is -2.40. The van der Waals surface area contributed by atoms with E-state index in [0.717, 1.165) is 37.1 Å². The summed E-state index contributed by atoms with van der Waals surface area (Å²) < 4.78 is 0. The molecule has 2 aromatic rings. The zero-order chi connectivity index (χ0) is 17.9. The molecule has 0 bridgehead atoms. The maximum atomic E-state index is 12.8. The predicted molar refractivity (Wildman–Crippen MR) is 102 cm³/mol. The fourth-order valence-electron chi connectivity index (χ4n) is 3.72. The van der Waals surface area contributed by atoms with Crippen LogP contribution in [0.15, 0.2) is 24.3 Å². The highest BCUT2D eigenvalue weighted by Gasteiger charge is 2.28. The summed E-state index contributed by atoms with van der Waals surface area (Å²) in [6, 6.07) is 8.15. The molecule has 138 valence electrons. The second kappa shape index (κ2) is 7.75. The number of amides is 1. The Kier molecular flexibility index (Phi) is 5.21. The van der Waals surface area contributed by atoms with Crippen molar-refractivity contribution in [3.8, 4) is 11.4 Å². The number of piperidine rings is 1. The van der Waals surface area contributed by atoms with Crippen LogP contribution in [0.2, 0.25) is 0 Å². The van der Waals surface area contributed by atoms with Crippen molar-refractivity contribution in [3.63, 3.8) is 0 Å². The average Bonchev–Trinajstić information content (AvgIpc) is 3.15. The summed E-state index contributed by atoms with van der Waals surface area (Å²) in [5.41, 5.74) is 1.60. The number of nitrogens with zero attached hydrogens (tertiary/aromatic N) is 6. The van der Waals surface area contributed by atoms with E-state index in [1.54, 1.807) is 7.05 Å². The normalized spacial score (nSPS) is 19.7. The van der Waals surface area contributed by atoms with Crippen LogP contribution in [0.4, 0.5) is 0 Å². The standard InChI is InChI=1S/C18H24N6OS/c1-22-20-17(19-21-22)14-2-4-15(5-3-14)18(25)24-8-6-16(7-9-24)23-10-12-26-13-11-23/h2-5,16H,6-13H2,1H3. The summed E-state index contributed by atoms with van der Waals surface area (Å²) in [4.78, 5) is 18.8. The first kappa shape index (κ1) is 17.5. The summed E-state index contributed by atoms with van der Waals surface area (Å²) in [6.07, 6.45) is 2.16. The van der Waals surface area contributed by atoms with Gasteiger partial charge in [-0.2, -0.15) is 16.6 Å². The summed E-state index contributed by atoms with van der Waals surface area (Å²) in [5, 5.41) is 12.0. The van der Waals surface area contributed by atoms with Gasteiger partial charge in [-0.25, -0.2) is 0 Å². The zero-order valence-corrected chi connectivity index (χ0v) is 15.9. The third kappa shape index (κ3) is 3.76. The number of carbonyl (C=O) groups excluding carboxylic acids is 1. The average molecular weight is 372 g/mol. The fourth-order valence-corrected chi connectivity index (χ4v) is 4.65. The van der Waals surface area contributed by atoms with Gasteiger partial charge in [-0.05, 0) is 30.2 Å². The van der Waals surface area contributed by atoms with Crippen LogP contribution in [0, 0.1) is 0 Å². The largest absolute Gasteiger partial charge is 0.339 e. The Bertz CT molecular complexity index is 747. The van der Waals surface area contributed by atoms with Gasteiger partial charge in [0.05, 0.1) is 7.05 Å². The van der Waals surface area contributed by atoms with Crippen LogP contribution < -0.4 is 0 Å². The molecule has 1 aromatic heterocycles. The summed E-state index contributed by atoms with van der Waals surface area (Å²) in [6.45, 7) is 4.09. The smallest absolute Gasteiger partial charge is 0.253 e. The fraction of sp³-hybridized carbons (Fsp3) is 0.556. The number of carbonyl (C=O) groups is 1. The van der Waals surface area contributed by atoms with Crippen LogP contribution in [0.5, 0.6) is 0 Å². The molecule has 1 amide bonds. The van der Waals surface area contributed by atoms with Gasteiger partial charge in [0.1, 0.15) is 0 Å². The number of aromatic nitrogens is 4. The van der Waals surface area contributed by atoms with Crippen molar-refractivity contribution in [2.75, 3.05) is 37.7 Å². The molecule has 3 heterocycles. The van der Waals surface area contributed by atoms with E-state index >= 15 is 0 Å². The van der Waals surface area contributed by atoms with Gasteiger partial charge in [-0.3, -0.25) is 9.69 Å². The second-order valence-corrected chi connectivity index (χ2v) is 8.08. The molecule has 4 rings (SSSR count). The van der Waals surface area contributed by atoms with Crippen molar-refractivity contribution in [2.24, 2.45) is 7.05 Å². The van der Waals surface area contributed by atoms with Gasteiger partial charge in [-0.15, -0.1) is 10.2 Å². The Morgan fingerprint density at radius 3 is 2.38 bits per heavy atom. The number of tetrazole rings is 1. The van der Waals surface area contributed by atoms with Crippen molar-refractivity contribution in [3.05, 3.63) is 29.8 Å². The number of thioether (sulfide) groups is 1. The maximum Gasteiger partial charge on any atom is 0.253 e. The third-order valence-corrected chi connectivity index (χ3v) is 6.15. The van der Waals surface area contributed by atoms with Crippen LogP contribution in [-0.4, -0.2) is 79.6 Å². The SMILES string of the molecule is Cn1nnc(-c2ccc(C(=O)N3CCC(N4CCSCC4)CC3)cc2)n1. The number of rotatable bonds is 3. The van der Waals surface area contributed by atoms with Gasteiger partial charge in [0.15, 0.2) is 0 Å². The second-order valence-electron chi connectivity index (χ2n) is 6.85. The molecule has 7 nitrogen and oxygen atoms in total. The van der Waals surface area contributed by atoms with E-state index in [1.807, 2.05) is 40.9 Å². The van der Waals surface area contributed by atoms with Gasteiger partial charge in [0.25, 0.3) is 5.91 Å². The Hall–Kier alpha value is -1.93. The van der Waals surface area contributed by atoms with E-state index in [1.165, 1.54) is 29.4 Å². The molecule has 0 saturated carbocycles. The summed E-state index contributed by atoms with van der Waals surface area (Å²) >= 11 is 2.05. The van der Waals surface area contributed by atoms with Crippen molar-refractivity contribution in [1.29, 1.82) is 0 Å². The number of hydrogen-bond donors (Lipinski definition) is 0. The third-order valence-electron chi connectivity index (χ3n) is 5.21. The number of benzene rings is 1. The Labute approximate surface area is 157 Å². The first-order chi connectivity index (χ1) is 12.7. The Morgan fingerprint density at radius 1 is 1.08 bits per heavy atom. The quantitative estimate of drug-likeness (QED) is 0.814. The first-order valence-electron chi connectivity index (χ1n) is 9.16. The number of likely N-dealkylation sites (tertiary alicyclic amines) is 1. The monoisotopic (exact) mass is 372 g/mol. The number of aryl methyl sites for hydroxylation is 1. The molecule has 2 aliphatic heterocycles. The molecule has 0 aliphatic carbocycles. The Morgan fingerprint density at radius 2 is 1.77 bits per heavy atom. The van der Waals surface area contributed by atoms with Crippen molar-refractivity contribution in [1.82, 2.24) is 30.0 Å². The molecule has 2 saturated heterocycles. The minimum absolute atomic E-state index is 0.122. The van der Waals surface area contributed by atoms with E-state index in [-0.39, 0.29) is 5.91 Å². The minimum Gasteiger partial charge on any atom is -0.339 e. The van der Waals surface area contributed by atoms with Gasteiger partial charge < -0.3 is 4.90 Å². The topological polar surface area (TPSA) is 67.2 Å². The highest BCUT2D eigenvalue weighted by molar-refractivity contribution is 7.99. The van der Waals surface area contributed by atoms with E-state index in [9.17, 15) is 4.79 Å². The summed E-state index contributed by atoms with van der Waals surface area (Å²) in [7, 11) is 1.74. The molecule has 2 fully saturated rings. The van der Waals surface area contributed by atoms with E-state index < -0.39 is 0 Å². The number of hydrogen-bond acceptors (Lipinski definition) is 6. The molecule has 8 heteroatoms. The molecule has 26 heavy (non-hydrogen) atoms. The van der Waals surface area contributed by atoms with Crippen molar-refractivity contribution >= 4 is 17.7 Å². The molecular formula is C18H24N6OS. The Balaban J connectivity index is 1.36. The molecular weight excluding hydrogens is 348 g/mol. The maximum absolute atomic E-state index is 12.8. The van der Waals surface area contributed by atoms with Crippen LogP contribution in [0.1, 0.15) is 23.2 Å². The van der Waals surface area contributed by atoms with E-state index in [0.29, 0.717) is 11.9 Å². The van der Waals surface area contributed by atoms with Crippen molar-refractivity contribution in [2.45, 2.75) is 18.9 Å². The van der Waals surface area contributed by atoms with Gasteiger partial charge in [-0.1, -0.05) is 12.1 Å². The van der Waals surface area contributed by atoms with Crippen LogP contribution in [0.25, 0.3) is 11.4 Å². The van der Waals surface area contributed by atoms with Crippen LogP contribution >= 0.6 is 11.8 Å². The molecule has 1 aromatic carbocycles. The highest BCUT2D eigenvalue weighted by atomic mass is 32.2. The summed E-state index contributed by atoms with van der Waals surface area (Å²) in [5.74, 6) is 3.18. The molecule has 0 radical (unpaired) electrons. The van der Waals surface area contributed by atoms with E-state index in [2.05, 4.69) is 20.3 Å². The van der Waals surface area contributed by atoms with Crippen LogP contribution in [-0.2, 0) is 7.05 Å². The molecule has 0 spiro atoms. The van der Waals surface area contributed by atoms with Crippen LogP contribution in [0.3, 0.4) is 0 Å². The lowest BCUT2D eigenvalue weighted by Crippen LogP contribution is -2.49. The van der Waals surface area contributed by atoms with Gasteiger partial charge in [0.2, 0.25) is 5.82 Å². The molecule has 0 N–H and O–H groups in total. The molecule has 2 aliphatic rings. The minimum atomic E-state index is 0.122. The van der Waals surface area contributed by atoms with Gasteiger partial charge >= 0.3 is 0 Å². The first-order valence-corrected chi connectivity index (χ1v) is 10.3.